The van der Waals surface area contributed by atoms with E-state index in [0.29, 0.717) is 17.2 Å². The van der Waals surface area contributed by atoms with Crippen molar-refractivity contribution in [2.75, 3.05) is 25.4 Å². The van der Waals surface area contributed by atoms with Gasteiger partial charge in [0, 0.05) is 24.3 Å². The van der Waals surface area contributed by atoms with E-state index in [-0.39, 0.29) is 5.91 Å². The molecule has 1 heterocycles. The van der Waals surface area contributed by atoms with E-state index in [1.807, 2.05) is 19.1 Å². The molecule has 1 saturated heterocycles. The molecule has 4 nitrogen and oxygen atoms in total. The molecule has 0 aliphatic carbocycles. The molecule has 1 aliphatic rings. The zero-order chi connectivity index (χ0) is 17.6. The van der Waals surface area contributed by atoms with E-state index in [9.17, 15) is 4.79 Å². The number of nitrogens with one attached hydrogen (secondary N) is 1. The van der Waals surface area contributed by atoms with Gasteiger partial charge >= 0.3 is 0 Å². The maximum absolute atomic E-state index is 12.4. The van der Waals surface area contributed by atoms with Gasteiger partial charge in [-0.05, 0) is 62.0 Å². The van der Waals surface area contributed by atoms with Gasteiger partial charge in [0.2, 0.25) is 0 Å². The van der Waals surface area contributed by atoms with Crippen molar-refractivity contribution in [3.8, 4) is 0 Å². The van der Waals surface area contributed by atoms with Crippen LogP contribution in [0.25, 0.3) is 0 Å². The lowest BCUT2D eigenvalue weighted by atomic mass is 9.96. The number of anilines is 1. The molecule has 0 unspecified atom stereocenters. The van der Waals surface area contributed by atoms with E-state index in [1.165, 1.54) is 5.56 Å². The van der Waals surface area contributed by atoms with Crippen LogP contribution >= 0.6 is 0 Å². The summed E-state index contributed by atoms with van der Waals surface area (Å²) in [6, 6.07) is 16.1. The minimum Gasteiger partial charge on any atom is -0.399 e. The van der Waals surface area contributed by atoms with Crippen molar-refractivity contribution in [2.24, 2.45) is 5.92 Å². The van der Waals surface area contributed by atoms with Gasteiger partial charge in [0.25, 0.3) is 5.91 Å². The first-order chi connectivity index (χ1) is 12.1. The Labute approximate surface area is 150 Å². The number of nitrogens with two attached hydrogens (primary N) is 1. The molecule has 3 rings (SSSR count). The zero-order valence-electron chi connectivity index (χ0n) is 14.9. The molecule has 0 spiro atoms. The molecule has 0 radical (unpaired) electrons. The number of benzene rings is 2. The van der Waals surface area contributed by atoms with Gasteiger partial charge in [-0.2, -0.15) is 0 Å². The summed E-state index contributed by atoms with van der Waals surface area (Å²) >= 11 is 0. The van der Waals surface area contributed by atoms with Gasteiger partial charge in [-0.25, -0.2) is 0 Å². The fraction of sp³-hybridized carbons (Fsp3) is 0.381. The number of nitrogens with zero attached hydrogens (tertiary/aromatic N) is 1. The standard InChI is InChI=1S/C21H27N3O/c1-16-7-8-19(22)13-20(16)21(25)23-14-17-9-11-24(12-10-17)15-18-5-3-2-4-6-18/h2-8,13,17H,9-12,14-15,22H2,1H3,(H,23,25). The molecule has 25 heavy (non-hydrogen) atoms. The summed E-state index contributed by atoms with van der Waals surface area (Å²) in [6.45, 7) is 5.88. The van der Waals surface area contributed by atoms with Crippen LogP contribution in [0.5, 0.6) is 0 Å². The molecular formula is C21H27N3O. The van der Waals surface area contributed by atoms with Crippen molar-refractivity contribution in [1.29, 1.82) is 0 Å². The Bertz CT molecular complexity index is 706. The van der Waals surface area contributed by atoms with Crippen molar-refractivity contribution in [3.05, 3.63) is 65.2 Å². The molecule has 1 aliphatic heterocycles. The smallest absolute Gasteiger partial charge is 0.251 e. The fourth-order valence-electron chi connectivity index (χ4n) is 3.41. The number of hydrogen-bond acceptors (Lipinski definition) is 3. The molecule has 2 aromatic carbocycles. The number of rotatable bonds is 5. The molecule has 132 valence electrons. The summed E-state index contributed by atoms with van der Waals surface area (Å²) in [5.41, 5.74) is 9.44. The summed E-state index contributed by atoms with van der Waals surface area (Å²) in [7, 11) is 0. The Morgan fingerprint density at radius 2 is 1.88 bits per heavy atom. The molecule has 1 fully saturated rings. The molecule has 2 aromatic rings. The first-order valence-corrected chi connectivity index (χ1v) is 9.02. The van der Waals surface area contributed by atoms with E-state index in [4.69, 9.17) is 5.73 Å². The molecule has 0 aromatic heterocycles. The van der Waals surface area contributed by atoms with Gasteiger partial charge in [-0.1, -0.05) is 36.4 Å². The van der Waals surface area contributed by atoms with E-state index in [1.54, 1.807) is 6.07 Å². The van der Waals surface area contributed by atoms with Gasteiger partial charge in [-0.3, -0.25) is 9.69 Å². The highest BCUT2D eigenvalue weighted by Gasteiger charge is 2.20. The Balaban J connectivity index is 1.45. The highest BCUT2D eigenvalue weighted by Crippen LogP contribution is 2.19. The number of hydrogen-bond donors (Lipinski definition) is 2. The van der Waals surface area contributed by atoms with Crippen molar-refractivity contribution in [1.82, 2.24) is 10.2 Å². The Hall–Kier alpha value is -2.33. The predicted octanol–water partition coefficient (Wildman–Crippen LogP) is 3.22. The fourth-order valence-corrected chi connectivity index (χ4v) is 3.41. The molecule has 4 heteroatoms. The van der Waals surface area contributed by atoms with Crippen LogP contribution in [0.1, 0.15) is 34.3 Å². The minimum atomic E-state index is -0.0171. The van der Waals surface area contributed by atoms with E-state index < -0.39 is 0 Å². The lowest BCUT2D eigenvalue weighted by Crippen LogP contribution is -2.38. The monoisotopic (exact) mass is 337 g/mol. The highest BCUT2D eigenvalue weighted by molar-refractivity contribution is 5.96. The second kappa shape index (κ2) is 8.17. The van der Waals surface area contributed by atoms with Crippen LogP contribution < -0.4 is 11.1 Å². The number of likely N-dealkylation sites (tertiary alicyclic amines) is 1. The topological polar surface area (TPSA) is 58.4 Å². The summed E-state index contributed by atoms with van der Waals surface area (Å²) in [5.74, 6) is 0.536. The van der Waals surface area contributed by atoms with Crippen LogP contribution in [0.15, 0.2) is 48.5 Å². The second-order valence-electron chi connectivity index (χ2n) is 6.99. The summed E-state index contributed by atoms with van der Waals surface area (Å²) in [5, 5.41) is 3.09. The zero-order valence-corrected chi connectivity index (χ0v) is 14.9. The summed E-state index contributed by atoms with van der Waals surface area (Å²) < 4.78 is 0. The van der Waals surface area contributed by atoms with Crippen LogP contribution in [0.4, 0.5) is 5.69 Å². The quantitative estimate of drug-likeness (QED) is 0.824. The van der Waals surface area contributed by atoms with Crippen molar-refractivity contribution in [2.45, 2.75) is 26.3 Å². The Kier molecular flexibility index (Phi) is 5.71. The maximum Gasteiger partial charge on any atom is 0.251 e. The van der Waals surface area contributed by atoms with Gasteiger partial charge in [0.05, 0.1) is 0 Å². The van der Waals surface area contributed by atoms with Crippen molar-refractivity contribution < 1.29 is 4.79 Å². The lowest BCUT2D eigenvalue weighted by molar-refractivity contribution is 0.0934. The van der Waals surface area contributed by atoms with Crippen molar-refractivity contribution in [3.63, 3.8) is 0 Å². The average Bonchev–Trinajstić information content (AvgIpc) is 2.64. The Morgan fingerprint density at radius 1 is 1.16 bits per heavy atom. The van der Waals surface area contributed by atoms with Crippen molar-refractivity contribution >= 4 is 11.6 Å². The molecule has 0 atom stereocenters. The normalized spacial score (nSPS) is 15.9. The van der Waals surface area contributed by atoms with Gasteiger partial charge in [0.1, 0.15) is 0 Å². The van der Waals surface area contributed by atoms with Gasteiger partial charge < -0.3 is 11.1 Å². The SMILES string of the molecule is Cc1ccc(N)cc1C(=O)NCC1CCN(Cc2ccccc2)CC1. The minimum absolute atomic E-state index is 0.0171. The van der Waals surface area contributed by atoms with E-state index in [2.05, 4.69) is 40.5 Å². The summed E-state index contributed by atoms with van der Waals surface area (Å²) in [6.07, 6.45) is 2.26. The van der Waals surface area contributed by atoms with Gasteiger partial charge in [-0.15, -0.1) is 0 Å². The number of amides is 1. The third kappa shape index (κ3) is 4.83. The lowest BCUT2D eigenvalue weighted by Gasteiger charge is -2.32. The third-order valence-electron chi connectivity index (χ3n) is 5.01. The number of aryl methyl sites for hydroxylation is 1. The summed E-state index contributed by atoms with van der Waals surface area (Å²) in [4.78, 5) is 14.9. The number of carbonyl (C=O) groups is 1. The molecule has 0 saturated carbocycles. The second-order valence-corrected chi connectivity index (χ2v) is 6.99. The van der Waals surface area contributed by atoms with E-state index in [0.717, 1.165) is 44.6 Å². The predicted molar refractivity (Wildman–Crippen MR) is 102 cm³/mol. The number of nitrogen functional groups attached to an aromatic ring is 1. The first kappa shape index (κ1) is 17.5. The first-order valence-electron chi connectivity index (χ1n) is 9.02. The van der Waals surface area contributed by atoms with Crippen LogP contribution in [-0.2, 0) is 6.54 Å². The number of carbonyl (C=O) groups excluding carboxylic acids is 1. The van der Waals surface area contributed by atoms with Crippen LogP contribution in [0, 0.1) is 12.8 Å². The number of piperidine rings is 1. The molecular weight excluding hydrogens is 310 g/mol. The van der Waals surface area contributed by atoms with E-state index >= 15 is 0 Å². The van der Waals surface area contributed by atoms with Crippen LogP contribution in [-0.4, -0.2) is 30.4 Å². The van der Waals surface area contributed by atoms with Crippen LogP contribution in [0.3, 0.4) is 0 Å². The largest absolute Gasteiger partial charge is 0.399 e. The Morgan fingerprint density at radius 3 is 2.60 bits per heavy atom. The molecule has 1 amide bonds. The molecule has 3 N–H and O–H groups in total. The maximum atomic E-state index is 12.4. The van der Waals surface area contributed by atoms with Gasteiger partial charge in [0.15, 0.2) is 0 Å². The highest BCUT2D eigenvalue weighted by atomic mass is 16.1. The molecule has 0 bridgehead atoms. The third-order valence-corrected chi connectivity index (χ3v) is 5.01. The average molecular weight is 337 g/mol. The van der Waals surface area contributed by atoms with Crippen LogP contribution in [0.2, 0.25) is 0 Å².